The second-order valence-corrected chi connectivity index (χ2v) is 9.64. The Morgan fingerprint density at radius 2 is 1.51 bits per heavy atom. The molecule has 222 valence electrons. The lowest BCUT2D eigenvalue weighted by Crippen LogP contribution is -2.44. The number of thiophene rings is 1. The van der Waals surface area contributed by atoms with Crippen LogP contribution in [0.2, 0.25) is 0 Å². The quantitative estimate of drug-likeness (QED) is 0.132. The van der Waals surface area contributed by atoms with Crippen LogP contribution in [-0.4, -0.2) is 75.3 Å². The fourth-order valence-electron chi connectivity index (χ4n) is 3.65. The van der Waals surface area contributed by atoms with Gasteiger partial charge in [-0.05, 0) is 36.6 Å². The number of esters is 1. The van der Waals surface area contributed by atoms with E-state index in [1.165, 1.54) is 31.4 Å². The van der Waals surface area contributed by atoms with Crippen LogP contribution < -0.4 is 32.3 Å². The first-order valence-corrected chi connectivity index (χ1v) is 13.4. The van der Waals surface area contributed by atoms with E-state index in [2.05, 4.69) is 26.6 Å². The maximum atomic E-state index is 13.3. The standard InChI is InChI=1S/C26H33FN6O7S/c1-4-17(15-5-7-16(27)8-6-15)23(37)33-25-21(26(39)40-3)14(2)22(41-25)24(38)30-10-9-29-19(35)12-32-20(36)13-31-18(34)11-28/h5-8,17H,4,9-13,28H2,1-3H3,(H,29,35)(H,30,38)(H,31,34)(H,32,36)(H,33,37). The second-order valence-electron chi connectivity index (χ2n) is 8.62. The lowest BCUT2D eigenvalue weighted by atomic mass is 9.95. The van der Waals surface area contributed by atoms with Crippen LogP contribution in [0, 0.1) is 12.7 Å². The van der Waals surface area contributed by atoms with Crippen LogP contribution in [-0.2, 0) is 23.9 Å². The fourth-order valence-corrected chi connectivity index (χ4v) is 4.76. The molecule has 1 heterocycles. The molecule has 0 aliphatic carbocycles. The minimum atomic E-state index is -0.736. The van der Waals surface area contributed by atoms with Crippen LogP contribution in [0.4, 0.5) is 9.39 Å². The van der Waals surface area contributed by atoms with Crippen LogP contribution in [0.15, 0.2) is 24.3 Å². The molecule has 5 amide bonds. The number of halogens is 1. The number of nitrogens with one attached hydrogen (secondary N) is 5. The molecule has 0 bridgehead atoms. The van der Waals surface area contributed by atoms with Gasteiger partial charge >= 0.3 is 5.97 Å². The molecule has 0 spiro atoms. The summed E-state index contributed by atoms with van der Waals surface area (Å²) in [5, 5.41) is 12.6. The predicted octanol–water partition coefficient (Wildman–Crippen LogP) is 0.152. The third-order valence-electron chi connectivity index (χ3n) is 5.79. The molecule has 2 rings (SSSR count). The first-order chi connectivity index (χ1) is 19.5. The van der Waals surface area contributed by atoms with Gasteiger partial charge in [0.15, 0.2) is 0 Å². The molecule has 41 heavy (non-hydrogen) atoms. The molecule has 1 unspecified atom stereocenters. The van der Waals surface area contributed by atoms with E-state index in [0.717, 1.165) is 11.3 Å². The van der Waals surface area contributed by atoms with Gasteiger partial charge in [-0.3, -0.25) is 24.0 Å². The van der Waals surface area contributed by atoms with Crippen molar-refractivity contribution in [2.75, 3.05) is 45.2 Å². The molecule has 0 fully saturated rings. The summed E-state index contributed by atoms with van der Waals surface area (Å²) >= 11 is 0.898. The maximum Gasteiger partial charge on any atom is 0.341 e. The van der Waals surface area contributed by atoms with Gasteiger partial charge < -0.3 is 37.1 Å². The van der Waals surface area contributed by atoms with Gasteiger partial charge in [0.05, 0.1) is 43.1 Å². The molecule has 7 N–H and O–H groups in total. The number of benzene rings is 1. The monoisotopic (exact) mass is 592 g/mol. The number of rotatable bonds is 14. The highest BCUT2D eigenvalue weighted by atomic mass is 32.1. The average Bonchev–Trinajstić information content (AvgIpc) is 3.28. The van der Waals surface area contributed by atoms with Crippen molar-refractivity contribution in [2.24, 2.45) is 5.73 Å². The topological polar surface area (TPSA) is 198 Å². The van der Waals surface area contributed by atoms with Crippen LogP contribution in [0.25, 0.3) is 0 Å². The van der Waals surface area contributed by atoms with Gasteiger partial charge in [-0.1, -0.05) is 19.1 Å². The smallest absolute Gasteiger partial charge is 0.341 e. The van der Waals surface area contributed by atoms with E-state index in [1.807, 2.05) is 0 Å². The number of ether oxygens (including phenoxy) is 1. The molecule has 0 saturated heterocycles. The molecule has 1 aromatic heterocycles. The van der Waals surface area contributed by atoms with Crippen molar-refractivity contribution in [3.63, 3.8) is 0 Å². The highest BCUT2D eigenvalue weighted by Gasteiger charge is 2.28. The molecule has 1 atom stereocenters. The fraction of sp³-hybridized carbons (Fsp3) is 0.385. The van der Waals surface area contributed by atoms with E-state index in [0.29, 0.717) is 17.5 Å². The van der Waals surface area contributed by atoms with Crippen molar-refractivity contribution in [3.05, 3.63) is 51.7 Å². The Kier molecular flexibility index (Phi) is 12.8. The first kappa shape index (κ1) is 32.8. The Bertz CT molecular complexity index is 1280. The number of hydrogen-bond acceptors (Lipinski definition) is 9. The maximum absolute atomic E-state index is 13.3. The Balaban J connectivity index is 1.98. The lowest BCUT2D eigenvalue weighted by molar-refractivity contribution is -0.127. The summed E-state index contributed by atoms with van der Waals surface area (Å²) in [7, 11) is 1.18. The summed E-state index contributed by atoms with van der Waals surface area (Å²) in [5.41, 5.74) is 6.06. The van der Waals surface area contributed by atoms with Crippen molar-refractivity contribution >= 4 is 51.8 Å². The third kappa shape index (κ3) is 9.65. The molecule has 0 saturated carbocycles. The first-order valence-electron chi connectivity index (χ1n) is 12.6. The molecule has 2 aromatic rings. The van der Waals surface area contributed by atoms with Crippen LogP contribution in [0.3, 0.4) is 0 Å². The number of nitrogens with two attached hydrogens (primary N) is 1. The summed E-state index contributed by atoms with van der Waals surface area (Å²) in [6.45, 7) is 2.49. The number of amides is 5. The molecular weight excluding hydrogens is 559 g/mol. The van der Waals surface area contributed by atoms with Crippen LogP contribution in [0.1, 0.15) is 50.4 Å². The van der Waals surface area contributed by atoms with Crippen LogP contribution >= 0.6 is 11.3 Å². The summed E-state index contributed by atoms with van der Waals surface area (Å²) in [6, 6.07) is 5.54. The number of carbonyl (C=O) groups is 6. The van der Waals surface area contributed by atoms with Crippen molar-refractivity contribution in [1.82, 2.24) is 21.3 Å². The van der Waals surface area contributed by atoms with Crippen molar-refractivity contribution in [1.29, 1.82) is 0 Å². The van der Waals surface area contributed by atoms with Gasteiger partial charge in [0.1, 0.15) is 10.8 Å². The SMILES string of the molecule is CCC(C(=O)Nc1sc(C(=O)NCCNC(=O)CNC(=O)CNC(=O)CN)c(C)c1C(=O)OC)c1ccc(F)cc1. The van der Waals surface area contributed by atoms with E-state index in [-0.39, 0.29) is 48.2 Å². The Labute approximate surface area is 239 Å². The largest absolute Gasteiger partial charge is 0.465 e. The van der Waals surface area contributed by atoms with E-state index >= 15 is 0 Å². The summed E-state index contributed by atoms with van der Waals surface area (Å²) < 4.78 is 18.2. The molecule has 1 aromatic carbocycles. The zero-order chi connectivity index (χ0) is 30.5. The molecule has 0 aliphatic heterocycles. The lowest BCUT2D eigenvalue weighted by Gasteiger charge is -2.15. The molecule has 13 nitrogen and oxygen atoms in total. The molecule has 15 heteroatoms. The van der Waals surface area contributed by atoms with Crippen molar-refractivity contribution in [3.8, 4) is 0 Å². The minimum Gasteiger partial charge on any atom is -0.465 e. The second kappa shape index (κ2) is 16.0. The number of anilines is 1. The van der Waals surface area contributed by atoms with E-state index < -0.39 is 47.2 Å². The van der Waals surface area contributed by atoms with E-state index in [9.17, 15) is 33.2 Å². The third-order valence-corrected chi connectivity index (χ3v) is 6.99. The molecule has 0 aliphatic rings. The Morgan fingerprint density at radius 3 is 2.10 bits per heavy atom. The summed E-state index contributed by atoms with van der Waals surface area (Å²) in [6.07, 6.45) is 0.406. The predicted molar refractivity (Wildman–Crippen MR) is 149 cm³/mol. The normalized spacial score (nSPS) is 11.1. The van der Waals surface area contributed by atoms with Crippen molar-refractivity contribution in [2.45, 2.75) is 26.2 Å². The van der Waals surface area contributed by atoms with Gasteiger partial charge in [0.2, 0.25) is 23.6 Å². The Hall–Kier alpha value is -4.37. The highest BCUT2D eigenvalue weighted by Crippen LogP contribution is 2.35. The average molecular weight is 593 g/mol. The number of carbonyl (C=O) groups excluding carboxylic acids is 6. The van der Waals surface area contributed by atoms with Gasteiger partial charge in [-0.25, -0.2) is 9.18 Å². The van der Waals surface area contributed by atoms with Crippen LogP contribution in [0.5, 0.6) is 0 Å². The zero-order valence-corrected chi connectivity index (χ0v) is 23.7. The van der Waals surface area contributed by atoms with E-state index in [1.54, 1.807) is 13.8 Å². The van der Waals surface area contributed by atoms with Crippen molar-refractivity contribution < 1.29 is 37.9 Å². The summed E-state index contributed by atoms with van der Waals surface area (Å²) in [4.78, 5) is 73.2. The zero-order valence-electron chi connectivity index (χ0n) is 22.9. The molecule has 0 radical (unpaired) electrons. The van der Waals surface area contributed by atoms with Gasteiger partial charge in [0, 0.05) is 13.1 Å². The van der Waals surface area contributed by atoms with Gasteiger partial charge in [-0.15, -0.1) is 11.3 Å². The minimum absolute atomic E-state index is 0.0279. The highest BCUT2D eigenvalue weighted by molar-refractivity contribution is 7.18. The summed E-state index contributed by atoms with van der Waals surface area (Å²) in [5.74, 6) is -4.37. The van der Waals surface area contributed by atoms with Gasteiger partial charge in [-0.2, -0.15) is 0 Å². The Morgan fingerprint density at radius 1 is 0.927 bits per heavy atom. The number of methoxy groups -OCH3 is 1. The van der Waals surface area contributed by atoms with Gasteiger partial charge in [0.25, 0.3) is 5.91 Å². The number of hydrogen-bond donors (Lipinski definition) is 6. The molecular formula is C26H33FN6O7S. The van der Waals surface area contributed by atoms with E-state index in [4.69, 9.17) is 10.5 Å².